The van der Waals surface area contributed by atoms with Crippen molar-refractivity contribution in [3.8, 4) is 12.3 Å². The molecule has 4 saturated carbocycles. The molecule has 0 aromatic heterocycles. The Kier molecular flexibility index (Phi) is 3.86. The number of carbonyl (C=O) groups is 2. The molecule has 6 nitrogen and oxygen atoms in total. The molecule has 0 unspecified atom stereocenters. The fraction of sp³-hybridized carbons (Fsp3) is 0.789. The minimum Gasteiger partial charge on any atom is -0.368 e. The molecule has 6 heteroatoms. The average molecular weight is 342 g/mol. The lowest BCUT2D eigenvalue weighted by Crippen LogP contribution is -2.71. The summed E-state index contributed by atoms with van der Waals surface area (Å²) in [6, 6.07) is 0. The molecule has 0 saturated heterocycles. The molecular weight excluding hydrogens is 316 g/mol. The Morgan fingerprint density at radius 3 is 2.16 bits per heavy atom. The number of nitrogens with one attached hydrogen (secondary N) is 1. The van der Waals surface area contributed by atoms with Gasteiger partial charge < -0.3 is 11.1 Å². The monoisotopic (exact) mass is 342 g/mol. The van der Waals surface area contributed by atoms with Crippen LogP contribution in [0.1, 0.15) is 57.8 Å². The Bertz CT molecular complexity index is 629. The smallest absolute Gasteiger partial charge is 0.243 e. The van der Waals surface area contributed by atoms with Gasteiger partial charge in [-0.25, -0.2) is 0 Å². The first-order valence-electron chi connectivity index (χ1n) is 9.46. The van der Waals surface area contributed by atoms with Crippen molar-refractivity contribution in [1.82, 2.24) is 5.32 Å². The third-order valence-electron chi connectivity index (χ3n) is 6.98. The van der Waals surface area contributed by atoms with Gasteiger partial charge in [0.15, 0.2) is 5.66 Å². The fourth-order valence-corrected chi connectivity index (χ4v) is 5.87. The molecule has 1 heterocycles. The van der Waals surface area contributed by atoms with Gasteiger partial charge in [0.1, 0.15) is 5.54 Å². The van der Waals surface area contributed by atoms with Gasteiger partial charge in [0.25, 0.3) is 0 Å². The van der Waals surface area contributed by atoms with Crippen LogP contribution in [0, 0.1) is 36.0 Å². The first-order chi connectivity index (χ1) is 12.0. The number of nitrogens with zero attached hydrogens (tertiary/aromatic N) is 2. The van der Waals surface area contributed by atoms with E-state index in [1.165, 1.54) is 6.42 Å². The minimum absolute atomic E-state index is 0.108. The van der Waals surface area contributed by atoms with Gasteiger partial charge in [-0.05, 0) is 55.8 Å². The maximum Gasteiger partial charge on any atom is 0.243 e. The van der Waals surface area contributed by atoms with E-state index in [1.807, 2.05) is 0 Å². The highest BCUT2D eigenvalue weighted by Crippen LogP contribution is 2.58. The van der Waals surface area contributed by atoms with Crippen LogP contribution in [0.25, 0.3) is 0 Å². The number of carbonyl (C=O) groups excluding carboxylic acids is 2. The quantitative estimate of drug-likeness (QED) is 0.693. The molecule has 0 radical (unpaired) electrons. The van der Waals surface area contributed by atoms with Gasteiger partial charge in [0.2, 0.25) is 11.8 Å². The second kappa shape index (κ2) is 5.82. The molecule has 4 fully saturated rings. The Labute approximate surface area is 148 Å². The van der Waals surface area contributed by atoms with E-state index in [1.54, 1.807) is 0 Å². The maximum atomic E-state index is 12.7. The van der Waals surface area contributed by atoms with Crippen LogP contribution in [0.5, 0.6) is 0 Å². The summed E-state index contributed by atoms with van der Waals surface area (Å²) in [7, 11) is 0. The number of hydrogen-bond donors (Lipinski definition) is 2. The predicted molar refractivity (Wildman–Crippen MR) is 92.0 cm³/mol. The number of rotatable bonds is 7. The molecule has 3 N–H and O–H groups in total. The summed E-state index contributed by atoms with van der Waals surface area (Å²) in [6.07, 6.45) is 12.8. The van der Waals surface area contributed by atoms with E-state index in [2.05, 4.69) is 21.5 Å². The van der Waals surface area contributed by atoms with Crippen molar-refractivity contribution in [3.05, 3.63) is 0 Å². The van der Waals surface area contributed by atoms with Gasteiger partial charge in [-0.3, -0.25) is 9.59 Å². The summed E-state index contributed by atoms with van der Waals surface area (Å²) < 4.78 is 0. The van der Waals surface area contributed by atoms with Crippen molar-refractivity contribution in [2.24, 2.45) is 39.6 Å². The molecule has 4 bridgehead atoms. The van der Waals surface area contributed by atoms with Crippen LogP contribution >= 0.6 is 0 Å². The summed E-state index contributed by atoms with van der Waals surface area (Å²) in [5.41, 5.74) is 4.54. The van der Waals surface area contributed by atoms with E-state index in [0.717, 1.165) is 25.7 Å². The molecule has 1 aliphatic heterocycles. The van der Waals surface area contributed by atoms with Gasteiger partial charge in [-0.2, -0.15) is 10.2 Å². The second-order valence-electron chi connectivity index (χ2n) is 8.47. The number of hydrogen-bond acceptors (Lipinski definition) is 4. The first-order valence-corrected chi connectivity index (χ1v) is 9.46. The standard InChI is InChI=1S/C19H26N4O2/c1-2-3-5-18(22-23-18)6-4-16(24)21-19(17(20)25)14-8-12-7-13(10-14)11-15(19)9-12/h1,12-15H,3-11H2,(H2,20,25)(H,21,24). The van der Waals surface area contributed by atoms with Crippen LogP contribution in [-0.4, -0.2) is 23.0 Å². The highest BCUT2D eigenvalue weighted by atomic mass is 16.2. The molecule has 0 aromatic carbocycles. The number of nitrogens with two attached hydrogens (primary N) is 1. The van der Waals surface area contributed by atoms with Gasteiger partial charge in [0.05, 0.1) is 0 Å². The highest BCUT2D eigenvalue weighted by molar-refractivity contribution is 5.91. The van der Waals surface area contributed by atoms with Crippen molar-refractivity contribution in [2.75, 3.05) is 0 Å². The maximum absolute atomic E-state index is 12.7. The Hall–Kier alpha value is -1.90. The van der Waals surface area contributed by atoms with E-state index in [4.69, 9.17) is 12.2 Å². The second-order valence-corrected chi connectivity index (χ2v) is 8.47. The lowest BCUT2D eigenvalue weighted by molar-refractivity contribution is -0.150. The molecule has 0 spiro atoms. The van der Waals surface area contributed by atoms with Crippen molar-refractivity contribution in [1.29, 1.82) is 0 Å². The Morgan fingerprint density at radius 1 is 1.08 bits per heavy atom. The van der Waals surface area contributed by atoms with Crippen LogP contribution in [-0.2, 0) is 9.59 Å². The molecule has 134 valence electrons. The zero-order valence-corrected chi connectivity index (χ0v) is 14.5. The fourth-order valence-electron chi connectivity index (χ4n) is 5.87. The molecule has 5 aliphatic rings. The van der Waals surface area contributed by atoms with Crippen LogP contribution in [0.3, 0.4) is 0 Å². The number of amides is 2. The van der Waals surface area contributed by atoms with Crippen LogP contribution in [0.4, 0.5) is 0 Å². The zero-order valence-electron chi connectivity index (χ0n) is 14.5. The topological polar surface area (TPSA) is 96.9 Å². The first kappa shape index (κ1) is 16.6. The molecule has 0 atom stereocenters. The largest absolute Gasteiger partial charge is 0.368 e. The minimum atomic E-state index is -0.839. The van der Waals surface area contributed by atoms with Crippen molar-refractivity contribution >= 4 is 11.8 Å². The lowest BCUT2D eigenvalue weighted by Gasteiger charge is -2.59. The van der Waals surface area contributed by atoms with Crippen molar-refractivity contribution in [2.45, 2.75) is 69.0 Å². The third kappa shape index (κ3) is 2.74. The van der Waals surface area contributed by atoms with Gasteiger partial charge in [-0.15, -0.1) is 12.3 Å². The van der Waals surface area contributed by atoms with Crippen LogP contribution in [0.2, 0.25) is 0 Å². The molecule has 25 heavy (non-hydrogen) atoms. The van der Waals surface area contributed by atoms with Gasteiger partial charge in [0, 0.05) is 25.7 Å². The lowest BCUT2D eigenvalue weighted by atomic mass is 9.48. The Balaban J connectivity index is 1.42. The molecular formula is C19H26N4O2. The van der Waals surface area contributed by atoms with E-state index < -0.39 is 11.2 Å². The summed E-state index contributed by atoms with van der Waals surface area (Å²) in [6.45, 7) is 0. The molecule has 0 aromatic rings. The van der Waals surface area contributed by atoms with E-state index in [9.17, 15) is 9.59 Å². The van der Waals surface area contributed by atoms with E-state index in [0.29, 0.717) is 37.5 Å². The van der Waals surface area contributed by atoms with Crippen molar-refractivity contribution < 1.29 is 9.59 Å². The van der Waals surface area contributed by atoms with E-state index in [-0.39, 0.29) is 23.7 Å². The number of terminal acetylenes is 1. The van der Waals surface area contributed by atoms with Crippen molar-refractivity contribution in [3.63, 3.8) is 0 Å². The Morgan fingerprint density at radius 2 is 1.68 bits per heavy atom. The summed E-state index contributed by atoms with van der Waals surface area (Å²) >= 11 is 0. The molecule has 4 aliphatic carbocycles. The highest BCUT2D eigenvalue weighted by Gasteiger charge is 2.61. The zero-order chi connectivity index (χ0) is 17.7. The van der Waals surface area contributed by atoms with Gasteiger partial charge in [-0.1, -0.05) is 0 Å². The average Bonchev–Trinajstić information content (AvgIpc) is 3.34. The predicted octanol–water partition coefficient (Wildman–Crippen LogP) is 2.14. The number of primary amides is 1. The third-order valence-corrected chi connectivity index (χ3v) is 6.98. The summed E-state index contributed by atoms with van der Waals surface area (Å²) in [5, 5.41) is 11.2. The summed E-state index contributed by atoms with van der Waals surface area (Å²) in [4.78, 5) is 25.1. The van der Waals surface area contributed by atoms with Crippen LogP contribution in [0.15, 0.2) is 10.2 Å². The molecule has 5 rings (SSSR count). The SMILES string of the molecule is C#CCCC1(CCC(=O)NC2(C(N)=O)C3CC4CC(C3)CC2C4)N=N1. The van der Waals surface area contributed by atoms with Gasteiger partial charge >= 0.3 is 0 Å². The normalized spacial score (nSPS) is 39.0. The van der Waals surface area contributed by atoms with E-state index >= 15 is 0 Å². The molecule has 2 amide bonds. The van der Waals surface area contributed by atoms with Crippen LogP contribution < -0.4 is 11.1 Å². The summed E-state index contributed by atoms with van der Waals surface area (Å²) in [5.74, 6) is 3.97.